The third kappa shape index (κ3) is 1.71. The average molecular weight is 274 g/mol. The van der Waals surface area contributed by atoms with Crippen LogP contribution in [-0.2, 0) is 0 Å². The molecule has 0 bridgehead atoms. The van der Waals surface area contributed by atoms with Crippen LogP contribution in [0.1, 0.15) is 10.5 Å². The standard InChI is InChI=1S/C8H4BrNO3S/c9-6-1-4(3-14-6)7-10-5(2-13-7)8(11)12/h1-3H,(H,11,12). The summed E-state index contributed by atoms with van der Waals surface area (Å²) in [7, 11) is 0. The van der Waals surface area contributed by atoms with E-state index in [1.54, 1.807) is 0 Å². The first-order chi connectivity index (χ1) is 6.66. The van der Waals surface area contributed by atoms with Crippen LogP contribution in [0.3, 0.4) is 0 Å². The van der Waals surface area contributed by atoms with E-state index in [4.69, 9.17) is 9.52 Å². The van der Waals surface area contributed by atoms with Gasteiger partial charge in [0.25, 0.3) is 0 Å². The molecule has 0 radical (unpaired) electrons. The van der Waals surface area contributed by atoms with Gasteiger partial charge in [-0.2, -0.15) is 0 Å². The Balaban J connectivity index is 2.38. The highest BCUT2D eigenvalue weighted by atomic mass is 79.9. The summed E-state index contributed by atoms with van der Waals surface area (Å²) in [6, 6.07) is 1.82. The highest BCUT2D eigenvalue weighted by Gasteiger charge is 2.12. The van der Waals surface area contributed by atoms with Crippen molar-refractivity contribution >= 4 is 33.2 Å². The van der Waals surface area contributed by atoms with Crippen molar-refractivity contribution in [2.24, 2.45) is 0 Å². The van der Waals surface area contributed by atoms with Crippen LogP contribution >= 0.6 is 27.3 Å². The van der Waals surface area contributed by atoms with Crippen LogP contribution in [0.2, 0.25) is 0 Å². The predicted molar refractivity (Wildman–Crippen MR) is 54.5 cm³/mol. The Morgan fingerprint density at radius 2 is 2.43 bits per heavy atom. The molecule has 0 fully saturated rings. The highest BCUT2D eigenvalue weighted by molar-refractivity contribution is 9.11. The zero-order valence-corrected chi connectivity index (χ0v) is 9.13. The van der Waals surface area contributed by atoms with Gasteiger partial charge in [0.1, 0.15) is 6.26 Å². The Kier molecular flexibility index (Phi) is 2.39. The van der Waals surface area contributed by atoms with Crippen LogP contribution in [0.25, 0.3) is 11.5 Å². The number of carbonyl (C=O) groups is 1. The van der Waals surface area contributed by atoms with Crippen molar-refractivity contribution in [1.29, 1.82) is 0 Å². The van der Waals surface area contributed by atoms with Crippen LogP contribution in [-0.4, -0.2) is 16.1 Å². The van der Waals surface area contributed by atoms with Gasteiger partial charge in [-0.25, -0.2) is 9.78 Å². The second kappa shape index (κ2) is 3.55. The summed E-state index contributed by atoms with van der Waals surface area (Å²) in [5.41, 5.74) is 0.691. The first-order valence-corrected chi connectivity index (χ1v) is 5.27. The van der Waals surface area contributed by atoms with E-state index in [2.05, 4.69) is 20.9 Å². The molecule has 4 nitrogen and oxygen atoms in total. The average Bonchev–Trinajstić information content (AvgIpc) is 2.70. The normalized spacial score (nSPS) is 10.4. The summed E-state index contributed by atoms with van der Waals surface area (Å²) < 4.78 is 5.97. The fourth-order valence-corrected chi connectivity index (χ4v) is 2.06. The van der Waals surface area contributed by atoms with Gasteiger partial charge in [0.2, 0.25) is 5.89 Å². The largest absolute Gasteiger partial charge is 0.476 e. The van der Waals surface area contributed by atoms with Gasteiger partial charge in [-0.1, -0.05) is 0 Å². The summed E-state index contributed by atoms with van der Waals surface area (Å²) in [5, 5.41) is 10.5. The number of carboxylic acids is 1. The van der Waals surface area contributed by atoms with E-state index in [1.807, 2.05) is 11.4 Å². The first-order valence-electron chi connectivity index (χ1n) is 3.60. The maximum Gasteiger partial charge on any atom is 0.357 e. The molecule has 0 spiro atoms. The smallest absolute Gasteiger partial charge is 0.357 e. The van der Waals surface area contributed by atoms with Crippen molar-refractivity contribution in [3.63, 3.8) is 0 Å². The quantitative estimate of drug-likeness (QED) is 0.914. The van der Waals surface area contributed by atoms with Gasteiger partial charge < -0.3 is 9.52 Å². The molecule has 0 saturated heterocycles. The third-order valence-electron chi connectivity index (χ3n) is 1.54. The fourth-order valence-electron chi connectivity index (χ4n) is 0.927. The number of aromatic carboxylic acids is 1. The minimum atomic E-state index is -1.09. The van der Waals surface area contributed by atoms with Crippen LogP contribution in [0, 0.1) is 0 Å². The molecule has 2 aromatic rings. The lowest BCUT2D eigenvalue weighted by molar-refractivity contribution is 0.0690. The number of oxazole rings is 1. The van der Waals surface area contributed by atoms with Crippen LogP contribution < -0.4 is 0 Å². The van der Waals surface area contributed by atoms with Crippen molar-refractivity contribution in [1.82, 2.24) is 4.98 Å². The maximum absolute atomic E-state index is 10.5. The lowest BCUT2D eigenvalue weighted by Crippen LogP contribution is -1.95. The summed E-state index contributed by atoms with van der Waals surface area (Å²) in [5.74, 6) is -0.765. The molecule has 0 atom stereocenters. The van der Waals surface area contributed by atoms with Gasteiger partial charge in [0.15, 0.2) is 5.69 Å². The SMILES string of the molecule is O=C(O)c1coc(-c2csc(Br)c2)n1. The number of nitrogens with zero attached hydrogens (tertiary/aromatic N) is 1. The molecule has 0 aliphatic carbocycles. The topological polar surface area (TPSA) is 63.3 Å². The minimum Gasteiger partial charge on any atom is -0.476 e. The number of rotatable bonds is 2. The second-order valence-electron chi connectivity index (χ2n) is 2.48. The number of carboxylic acid groups (broad SMARTS) is 1. The van der Waals surface area contributed by atoms with E-state index in [0.717, 1.165) is 15.6 Å². The zero-order chi connectivity index (χ0) is 10.1. The molecule has 0 amide bonds. The molecule has 0 aromatic carbocycles. The van der Waals surface area contributed by atoms with Crippen molar-refractivity contribution in [2.75, 3.05) is 0 Å². The molecular weight excluding hydrogens is 270 g/mol. The lowest BCUT2D eigenvalue weighted by Gasteiger charge is -1.84. The van der Waals surface area contributed by atoms with E-state index in [0.29, 0.717) is 5.89 Å². The second-order valence-corrected chi connectivity index (χ2v) is 4.77. The van der Waals surface area contributed by atoms with E-state index in [-0.39, 0.29) is 5.69 Å². The highest BCUT2D eigenvalue weighted by Crippen LogP contribution is 2.28. The Morgan fingerprint density at radius 1 is 1.64 bits per heavy atom. The van der Waals surface area contributed by atoms with Gasteiger partial charge in [-0.15, -0.1) is 11.3 Å². The number of thiophene rings is 1. The Bertz CT molecular complexity index is 476. The minimum absolute atomic E-state index is 0.0812. The van der Waals surface area contributed by atoms with E-state index < -0.39 is 5.97 Å². The Labute approximate surface area is 91.3 Å². The molecule has 2 aromatic heterocycles. The number of hydrogen-bond acceptors (Lipinski definition) is 4. The molecule has 0 aliphatic heterocycles. The Hall–Kier alpha value is -1.14. The monoisotopic (exact) mass is 273 g/mol. The maximum atomic E-state index is 10.5. The fraction of sp³-hybridized carbons (Fsp3) is 0. The van der Waals surface area contributed by atoms with E-state index >= 15 is 0 Å². The van der Waals surface area contributed by atoms with E-state index in [9.17, 15) is 4.79 Å². The molecule has 0 saturated carbocycles. The molecule has 0 aliphatic rings. The van der Waals surface area contributed by atoms with Gasteiger partial charge in [-0.3, -0.25) is 0 Å². The summed E-state index contributed by atoms with van der Waals surface area (Å²) in [6.45, 7) is 0. The molecule has 2 rings (SSSR count). The molecule has 6 heteroatoms. The molecule has 72 valence electrons. The van der Waals surface area contributed by atoms with Crippen molar-refractivity contribution in [2.45, 2.75) is 0 Å². The number of halogens is 1. The lowest BCUT2D eigenvalue weighted by atomic mass is 10.3. The van der Waals surface area contributed by atoms with Crippen molar-refractivity contribution in [3.05, 3.63) is 27.2 Å². The van der Waals surface area contributed by atoms with Crippen molar-refractivity contribution in [3.8, 4) is 11.5 Å². The number of aromatic nitrogens is 1. The molecule has 14 heavy (non-hydrogen) atoms. The number of hydrogen-bond donors (Lipinski definition) is 1. The van der Waals surface area contributed by atoms with Gasteiger partial charge in [0, 0.05) is 10.9 Å². The van der Waals surface area contributed by atoms with Crippen LogP contribution in [0.4, 0.5) is 0 Å². The van der Waals surface area contributed by atoms with Crippen molar-refractivity contribution < 1.29 is 14.3 Å². The summed E-state index contributed by atoms with van der Waals surface area (Å²) in [4.78, 5) is 14.3. The Morgan fingerprint density at radius 3 is 2.93 bits per heavy atom. The van der Waals surface area contributed by atoms with Crippen LogP contribution in [0.5, 0.6) is 0 Å². The molecule has 0 unspecified atom stereocenters. The predicted octanol–water partition coefficient (Wildman–Crippen LogP) is 2.86. The molecule has 1 N–H and O–H groups in total. The first kappa shape index (κ1) is 9.42. The van der Waals surface area contributed by atoms with Gasteiger partial charge in [-0.05, 0) is 22.0 Å². The van der Waals surface area contributed by atoms with E-state index in [1.165, 1.54) is 11.3 Å². The van der Waals surface area contributed by atoms with Crippen LogP contribution in [0.15, 0.2) is 25.9 Å². The zero-order valence-electron chi connectivity index (χ0n) is 6.73. The summed E-state index contributed by atoms with van der Waals surface area (Å²) >= 11 is 4.78. The molecule has 2 heterocycles. The van der Waals surface area contributed by atoms with Gasteiger partial charge in [0.05, 0.1) is 3.79 Å². The summed E-state index contributed by atoms with van der Waals surface area (Å²) in [6.07, 6.45) is 1.13. The van der Waals surface area contributed by atoms with Gasteiger partial charge >= 0.3 is 5.97 Å². The molecular formula is C8H4BrNO3S. The third-order valence-corrected chi connectivity index (χ3v) is 3.04.